The molecule has 1 aromatic rings. The predicted molar refractivity (Wildman–Crippen MR) is 101 cm³/mol. The number of methoxy groups -OCH3 is 1. The first-order chi connectivity index (χ1) is 12.6. The molecule has 3 rings (SSSR count). The molecule has 2 fully saturated rings. The van der Waals surface area contributed by atoms with Gasteiger partial charge >= 0.3 is 0 Å². The Morgan fingerprint density at radius 1 is 1.38 bits per heavy atom. The molecule has 7 nitrogen and oxygen atoms in total. The molecule has 0 saturated carbocycles. The van der Waals surface area contributed by atoms with Crippen LogP contribution in [-0.2, 0) is 9.59 Å². The largest absolute Gasteiger partial charge is 0.495 e. The highest BCUT2D eigenvalue weighted by atomic mass is 35.5. The minimum Gasteiger partial charge on any atom is -0.495 e. The number of hydrogen-bond acceptors (Lipinski definition) is 5. The monoisotopic (exact) mass is 380 g/mol. The number of carbonyl (C=O) groups is 2. The highest BCUT2D eigenvalue weighted by molar-refractivity contribution is 6.31. The van der Waals surface area contributed by atoms with Gasteiger partial charge in [0.05, 0.1) is 18.7 Å². The lowest BCUT2D eigenvalue weighted by Gasteiger charge is -2.27. The minimum absolute atomic E-state index is 0.0722. The first-order valence-corrected chi connectivity index (χ1v) is 9.31. The van der Waals surface area contributed by atoms with Crippen molar-refractivity contribution in [3.63, 3.8) is 0 Å². The van der Waals surface area contributed by atoms with Crippen molar-refractivity contribution in [2.75, 3.05) is 57.8 Å². The van der Waals surface area contributed by atoms with Crippen LogP contribution in [-0.4, -0.2) is 69.6 Å². The van der Waals surface area contributed by atoms with E-state index in [-0.39, 0.29) is 24.2 Å². The minimum atomic E-state index is -0.353. The van der Waals surface area contributed by atoms with Gasteiger partial charge in [0, 0.05) is 57.3 Å². The second-order valence-electron chi connectivity index (χ2n) is 6.60. The Labute approximate surface area is 158 Å². The van der Waals surface area contributed by atoms with Crippen LogP contribution in [0, 0.1) is 5.92 Å². The van der Waals surface area contributed by atoms with Crippen LogP contribution < -0.4 is 20.3 Å². The van der Waals surface area contributed by atoms with Gasteiger partial charge in [0.25, 0.3) is 0 Å². The molecule has 8 heteroatoms. The molecular weight excluding hydrogens is 356 g/mol. The Balaban J connectivity index is 1.55. The first kappa shape index (κ1) is 18.9. The fraction of sp³-hybridized carbons (Fsp3) is 0.556. The number of piperazine rings is 1. The van der Waals surface area contributed by atoms with Crippen LogP contribution in [0.25, 0.3) is 0 Å². The molecule has 2 saturated heterocycles. The Morgan fingerprint density at radius 3 is 2.88 bits per heavy atom. The lowest BCUT2D eigenvalue weighted by molar-refractivity contribution is -0.126. The van der Waals surface area contributed by atoms with Crippen molar-refractivity contribution in [3.8, 4) is 5.75 Å². The lowest BCUT2D eigenvalue weighted by Crippen LogP contribution is -2.46. The molecule has 142 valence electrons. The molecule has 0 radical (unpaired) electrons. The van der Waals surface area contributed by atoms with Crippen LogP contribution in [0.5, 0.6) is 5.75 Å². The number of benzene rings is 1. The standard InChI is InChI=1S/C18H25ClN4O3/c1-26-16-3-2-14(19)11-15(16)23-12-13(10-17(23)24)18(25)21-6-9-22-7-4-20-5-8-22/h2-3,11,13,20H,4-10,12H2,1H3,(H,21,25). The Morgan fingerprint density at radius 2 is 2.15 bits per heavy atom. The number of amides is 2. The molecule has 2 amide bonds. The average molecular weight is 381 g/mol. The van der Waals surface area contributed by atoms with Gasteiger partial charge < -0.3 is 20.3 Å². The Bertz CT molecular complexity index is 664. The van der Waals surface area contributed by atoms with E-state index in [0.29, 0.717) is 29.5 Å². The van der Waals surface area contributed by atoms with E-state index in [2.05, 4.69) is 15.5 Å². The van der Waals surface area contributed by atoms with Crippen LogP contribution in [0.3, 0.4) is 0 Å². The van der Waals surface area contributed by atoms with Gasteiger partial charge in [-0.25, -0.2) is 0 Å². The number of nitrogens with one attached hydrogen (secondary N) is 2. The SMILES string of the molecule is COc1ccc(Cl)cc1N1CC(C(=O)NCCN2CCNCC2)CC1=O. The molecule has 1 aromatic carbocycles. The van der Waals surface area contributed by atoms with Gasteiger partial charge in [0.15, 0.2) is 0 Å². The molecule has 2 aliphatic heterocycles. The molecule has 1 unspecified atom stereocenters. The molecule has 0 spiro atoms. The highest BCUT2D eigenvalue weighted by Gasteiger charge is 2.36. The van der Waals surface area contributed by atoms with E-state index in [1.54, 1.807) is 30.2 Å². The molecule has 0 aliphatic carbocycles. The van der Waals surface area contributed by atoms with Gasteiger partial charge in [0.1, 0.15) is 5.75 Å². The second kappa shape index (κ2) is 8.70. The van der Waals surface area contributed by atoms with Crippen molar-refractivity contribution in [1.82, 2.24) is 15.5 Å². The molecule has 1 atom stereocenters. The van der Waals surface area contributed by atoms with Crippen LogP contribution in [0.2, 0.25) is 5.02 Å². The van der Waals surface area contributed by atoms with E-state index >= 15 is 0 Å². The van der Waals surface area contributed by atoms with Crippen molar-refractivity contribution in [2.24, 2.45) is 5.92 Å². The summed E-state index contributed by atoms with van der Waals surface area (Å²) in [6.07, 6.45) is 0.204. The van der Waals surface area contributed by atoms with E-state index in [4.69, 9.17) is 16.3 Å². The number of halogens is 1. The van der Waals surface area contributed by atoms with Crippen molar-refractivity contribution in [1.29, 1.82) is 0 Å². The summed E-state index contributed by atoms with van der Waals surface area (Å²) >= 11 is 6.06. The molecule has 0 aromatic heterocycles. The Kier molecular flexibility index (Phi) is 6.34. The van der Waals surface area contributed by atoms with Gasteiger partial charge in [-0.3, -0.25) is 14.5 Å². The highest BCUT2D eigenvalue weighted by Crippen LogP contribution is 2.35. The zero-order valence-corrected chi connectivity index (χ0v) is 15.7. The lowest BCUT2D eigenvalue weighted by atomic mass is 10.1. The number of anilines is 1. The summed E-state index contributed by atoms with van der Waals surface area (Å²) in [5.74, 6) is 0.0570. The molecule has 0 bridgehead atoms. The third kappa shape index (κ3) is 4.47. The van der Waals surface area contributed by atoms with E-state index in [9.17, 15) is 9.59 Å². The number of nitrogens with zero attached hydrogens (tertiary/aromatic N) is 2. The van der Waals surface area contributed by atoms with Gasteiger partial charge in [-0.1, -0.05) is 11.6 Å². The molecule has 2 N–H and O–H groups in total. The van der Waals surface area contributed by atoms with Crippen molar-refractivity contribution in [3.05, 3.63) is 23.2 Å². The number of carbonyl (C=O) groups excluding carboxylic acids is 2. The maximum Gasteiger partial charge on any atom is 0.227 e. The summed E-state index contributed by atoms with van der Waals surface area (Å²) in [7, 11) is 1.55. The van der Waals surface area contributed by atoms with E-state index in [1.165, 1.54) is 0 Å². The summed E-state index contributed by atoms with van der Waals surface area (Å²) < 4.78 is 5.33. The second-order valence-corrected chi connectivity index (χ2v) is 7.04. The summed E-state index contributed by atoms with van der Waals surface area (Å²) in [4.78, 5) is 28.8. The summed E-state index contributed by atoms with van der Waals surface area (Å²) in [5.41, 5.74) is 0.612. The Hall–Kier alpha value is -1.83. The van der Waals surface area contributed by atoms with Gasteiger partial charge in [0.2, 0.25) is 11.8 Å². The third-order valence-electron chi connectivity index (χ3n) is 4.86. The zero-order chi connectivity index (χ0) is 18.5. The summed E-state index contributed by atoms with van der Waals surface area (Å²) in [5, 5.41) is 6.80. The average Bonchev–Trinajstić information content (AvgIpc) is 3.04. The van der Waals surface area contributed by atoms with Crippen LogP contribution >= 0.6 is 11.6 Å². The number of rotatable bonds is 6. The topological polar surface area (TPSA) is 73.9 Å². The first-order valence-electron chi connectivity index (χ1n) is 8.93. The molecule has 2 heterocycles. The fourth-order valence-corrected chi connectivity index (χ4v) is 3.57. The predicted octanol–water partition coefficient (Wildman–Crippen LogP) is 0.723. The van der Waals surface area contributed by atoms with Crippen molar-refractivity contribution >= 4 is 29.1 Å². The fourth-order valence-electron chi connectivity index (χ4n) is 3.41. The molecular formula is C18H25ClN4O3. The molecule has 26 heavy (non-hydrogen) atoms. The maximum absolute atomic E-state index is 12.5. The number of ether oxygens (including phenoxy) is 1. The molecule has 2 aliphatic rings. The number of hydrogen-bond donors (Lipinski definition) is 2. The quantitative estimate of drug-likeness (QED) is 0.761. The van der Waals surface area contributed by atoms with Crippen LogP contribution in [0.15, 0.2) is 18.2 Å². The smallest absolute Gasteiger partial charge is 0.227 e. The van der Waals surface area contributed by atoms with Gasteiger partial charge in [-0.05, 0) is 18.2 Å². The van der Waals surface area contributed by atoms with Gasteiger partial charge in [-0.15, -0.1) is 0 Å². The van der Waals surface area contributed by atoms with E-state index in [1.807, 2.05) is 0 Å². The third-order valence-corrected chi connectivity index (χ3v) is 5.10. The van der Waals surface area contributed by atoms with Crippen LogP contribution in [0.4, 0.5) is 5.69 Å². The maximum atomic E-state index is 12.5. The normalized spacial score (nSPS) is 21.1. The van der Waals surface area contributed by atoms with E-state index < -0.39 is 0 Å². The van der Waals surface area contributed by atoms with E-state index in [0.717, 1.165) is 32.7 Å². The summed E-state index contributed by atoms with van der Waals surface area (Å²) in [6, 6.07) is 5.14. The summed E-state index contributed by atoms with van der Waals surface area (Å²) in [6.45, 7) is 5.75. The van der Waals surface area contributed by atoms with Crippen LogP contribution in [0.1, 0.15) is 6.42 Å². The van der Waals surface area contributed by atoms with Gasteiger partial charge in [-0.2, -0.15) is 0 Å². The zero-order valence-electron chi connectivity index (χ0n) is 15.0. The van der Waals surface area contributed by atoms with Crippen molar-refractivity contribution < 1.29 is 14.3 Å². The van der Waals surface area contributed by atoms with Crippen molar-refractivity contribution in [2.45, 2.75) is 6.42 Å².